The molecule has 2 aromatic carbocycles. The molecule has 1 unspecified atom stereocenters. The molecule has 3 aromatic rings. The fourth-order valence-electron chi connectivity index (χ4n) is 3.89. The molecule has 4 rings (SSSR count). The van der Waals surface area contributed by atoms with E-state index in [0.717, 1.165) is 35.4 Å². The van der Waals surface area contributed by atoms with Crippen molar-refractivity contribution in [2.24, 2.45) is 0 Å². The van der Waals surface area contributed by atoms with Crippen molar-refractivity contribution in [2.75, 3.05) is 19.8 Å². The summed E-state index contributed by atoms with van der Waals surface area (Å²) in [6.45, 7) is 8.18. The van der Waals surface area contributed by atoms with Crippen LogP contribution < -0.4 is 5.32 Å². The zero-order valence-electron chi connectivity index (χ0n) is 19.0. The van der Waals surface area contributed by atoms with Crippen molar-refractivity contribution in [3.63, 3.8) is 0 Å². The lowest BCUT2D eigenvalue weighted by Gasteiger charge is -2.37. The number of aromatic nitrogens is 2. The summed E-state index contributed by atoms with van der Waals surface area (Å²) in [5.74, 6) is 1.00. The summed E-state index contributed by atoms with van der Waals surface area (Å²) >= 11 is 12.0. The zero-order chi connectivity index (χ0) is 23.4. The van der Waals surface area contributed by atoms with Crippen LogP contribution in [0.5, 0.6) is 0 Å². The monoisotopic (exact) mass is 482 g/mol. The van der Waals surface area contributed by atoms with Gasteiger partial charge in [-0.15, -0.1) is 0 Å². The molecule has 0 fully saturated rings. The van der Waals surface area contributed by atoms with Crippen LogP contribution in [0.2, 0.25) is 5.02 Å². The molecule has 172 valence electrons. The smallest absolute Gasteiger partial charge is 0.258 e. The zero-order valence-corrected chi connectivity index (χ0v) is 20.5. The van der Waals surface area contributed by atoms with E-state index in [2.05, 4.69) is 15.4 Å². The molecule has 0 saturated heterocycles. The fourth-order valence-corrected chi connectivity index (χ4v) is 4.43. The molecule has 8 heteroatoms. The Labute approximate surface area is 204 Å². The molecule has 0 amide bonds. The number of rotatable bonds is 8. The van der Waals surface area contributed by atoms with E-state index in [1.54, 1.807) is 0 Å². The third-order valence-corrected chi connectivity index (χ3v) is 6.19. The summed E-state index contributed by atoms with van der Waals surface area (Å²) in [6, 6.07) is 15.5. The Kier molecular flexibility index (Phi) is 7.42. The molecule has 1 atom stereocenters. The molecular weight excluding hydrogens is 456 g/mol. The van der Waals surface area contributed by atoms with E-state index in [-0.39, 0.29) is 6.04 Å². The van der Waals surface area contributed by atoms with Crippen LogP contribution >= 0.6 is 23.8 Å². The van der Waals surface area contributed by atoms with Gasteiger partial charge in [0.1, 0.15) is 0 Å². The van der Waals surface area contributed by atoms with Crippen LogP contribution in [0.15, 0.2) is 58.8 Å². The van der Waals surface area contributed by atoms with E-state index < -0.39 is 0 Å². The molecule has 0 radical (unpaired) electrons. The third-order valence-electron chi connectivity index (χ3n) is 5.62. The van der Waals surface area contributed by atoms with E-state index in [1.807, 2.05) is 69.3 Å². The van der Waals surface area contributed by atoms with Crippen LogP contribution in [0.4, 0.5) is 0 Å². The van der Waals surface area contributed by atoms with Gasteiger partial charge in [0, 0.05) is 36.0 Å². The Balaban J connectivity index is 1.74. The fraction of sp³-hybridized carbons (Fsp3) is 0.320. The molecule has 6 nitrogen and oxygen atoms in total. The lowest BCUT2D eigenvalue weighted by Crippen LogP contribution is -2.46. The second-order valence-corrected chi connectivity index (χ2v) is 8.75. The summed E-state index contributed by atoms with van der Waals surface area (Å²) in [5.41, 5.74) is 4.91. The first-order valence-electron chi connectivity index (χ1n) is 11.0. The predicted molar refractivity (Wildman–Crippen MR) is 135 cm³/mol. The largest absolute Gasteiger partial charge is 0.382 e. The van der Waals surface area contributed by atoms with Crippen LogP contribution in [0.1, 0.15) is 43.3 Å². The van der Waals surface area contributed by atoms with Crippen LogP contribution in [0.3, 0.4) is 0 Å². The van der Waals surface area contributed by atoms with Crippen molar-refractivity contribution < 1.29 is 9.26 Å². The first-order valence-corrected chi connectivity index (χ1v) is 11.8. The normalized spacial score (nSPS) is 16.3. The molecule has 1 aliphatic rings. The Hall–Kier alpha value is -2.74. The van der Waals surface area contributed by atoms with Crippen molar-refractivity contribution in [3.05, 3.63) is 76.3 Å². The number of ether oxygens (including phenoxy) is 1. The Morgan fingerprint density at radius 1 is 1.18 bits per heavy atom. The maximum absolute atomic E-state index is 6.30. The predicted octanol–water partition coefficient (Wildman–Crippen LogP) is 5.79. The maximum atomic E-state index is 6.30. The van der Waals surface area contributed by atoms with Crippen LogP contribution in [-0.4, -0.2) is 39.9 Å². The maximum Gasteiger partial charge on any atom is 0.258 e. The molecule has 0 aliphatic carbocycles. The van der Waals surface area contributed by atoms with Crippen molar-refractivity contribution in [3.8, 4) is 11.4 Å². The number of aryl methyl sites for hydroxylation is 1. The van der Waals surface area contributed by atoms with Gasteiger partial charge in [0.2, 0.25) is 5.82 Å². The highest BCUT2D eigenvalue weighted by Crippen LogP contribution is 2.38. The number of halogens is 1. The van der Waals surface area contributed by atoms with Gasteiger partial charge in [0.25, 0.3) is 5.89 Å². The van der Waals surface area contributed by atoms with Gasteiger partial charge >= 0.3 is 0 Å². The second-order valence-electron chi connectivity index (χ2n) is 7.93. The minimum absolute atomic E-state index is 0.259. The van der Waals surface area contributed by atoms with E-state index in [0.29, 0.717) is 35.1 Å². The SMILES string of the molecule is CCOCCCN1C(=S)NC(c2cccc(Cl)c2)C(c2nc(-c3ccc(C)cc3)no2)=C1C. The van der Waals surface area contributed by atoms with Crippen LogP contribution in [-0.2, 0) is 4.74 Å². The van der Waals surface area contributed by atoms with Gasteiger partial charge in [0.15, 0.2) is 5.11 Å². The Morgan fingerprint density at radius 3 is 2.70 bits per heavy atom. The minimum atomic E-state index is -0.259. The van der Waals surface area contributed by atoms with Crippen molar-refractivity contribution >= 4 is 34.5 Å². The van der Waals surface area contributed by atoms with Gasteiger partial charge in [-0.05, 0) is 57.1 Å². The summed E-state index contributed by atoms with van der Waals surface area (Å²) < 4.78 is 11.3. The summed E-state index contributed by atoms with van der Waals surface area (Å²) in [6.07, 6.45) is 0.848. The molecule has 1 N–H and O–H groups in total. The summed E-state index contributed by atoms with van der Waals surface area (Å²) in [5, 5.41) is 9.02. The lowest BCUT2D eigenvalue weighted by atomic mass is 9.94. The number of nitrogens with one attached hydrogen (secondary N) is 1. The summed E-state index contributed by atoms with van der Waals surface area (Å²) in [7, 11) is 0. The van der Waals surface area contributed by atoms with E-state index >= 15 is 0 Å². The van der Waals surface area contributed by atoms with Crippen LogP contribution in [0.25, 0.3) is 17.0 Å². The van der Waals surface area contributed by atoms with Crippen molar-refractivity contribution in [2.45, 2.75) is 33.2 Å². The number of hydrogen-bond acceptors (Lipinski definition) is 5. The van der Waals surface area contributed by atoms with E-state index in [4.69, 9.17) is 38.1 Å². The first-order chi connectivity index (χ1) is 16.0. The third kappa shape index (κ3) is 5.27. The van der Waals surface area contributed by atoms with Gasteiger partial charge in [-0.25, -0.2) is 0 Å². The average molecular weight is 483 g/mol. The molecule has 0 saturated carbocycles. The molecule has 1 aliphatic heterocycles. The standard InChI is InChI=1S/C25H27ClN4O2S/c1-4-31-14-6-13-30-17(3)21(22(27-25(30)33)19-7-5-8-20(26)15-19)24-28-23(29-32-24)18-11-9-16(2)10-12-18/h5,7-12,15,22H,4,6,13-14H2,1-3H3,(H,27,33). The number of nitrogens with zero attached hydrogens (tertiary/aromatic N) is 3. The Bertz CT molecular complexity index is 1160. The molecule has 0 spiro atoms. The molecule has 2 heterocycles. The van der Waals surface area contributed by atoms with Crippen LogP contribution in [0, 0.1) is 6.92 Å². The molecule has 33 heavy (non-hydrogen) atoms. The van der Waals surface area contributed by atoms with Gasteiger partial charge in [-0.3, -0.25) is 0 Å². The molecular formula is C25H27ClN4O2S. The second kappa shape index (κ2) is 10.5. The topological polar surface area (TPSA) is 63.4 Å². The highest BCUT2D eigenvalue weighted by Gasteiger charge is 2.34. The van der Waals surface area contributed by atoms with Gasteiger partial charge in [-0.1, -0.05) is 58.7 Å². The summed E-state index contributed by atoms with van der Waals surface area (Å²) in [4.78, 5) is 6.82. The number of thiocarbonyl (C=S) groups is 1. The number of benzene rings is 2. The van der Waals surface area contributed by atoms with E-state index in [9.17, 15) is 0 Å². The minimum Gasteiger partial charge on any atom is -0.382 e. The first kappa shape index (κ1) is 23.4. The van der Waals surface area contributed by atoms with Gasteiger partial charge in [0.05, 0.1) is 11.6 Å². The quantitative estimate of drug-likeness (QED) is 0.322. The van der Waals surface area contributed by atoms with Crippen molar-refractivity contribution in [1.29, 1.82) is 0 Å². The number of hydrogen-bond donors (Lipinski definition) is 1. The molecule has 1 aromatic heterocycles. The van der Waals surface area contributed by atoms with Gasteiger partial charge < -0.3 is 19.5 Å². The average Bonchev–Trinajstić information content (AvgIpc) is 3.28. The molecule has 0 bridgehead atoms. The van der Waals surface area contributed by atoms with E-state index in [1.165, 1.54) is 5.56 Å². The number of allylic oxidation sites excluding steroid dienone is 1. The lowest BCUT2D eigenvalue weighted by molar-refractivity contribution is 0.141. The highest BCUT2D eigenvalue weighted by molar-refractivity contribution is 7.80. The highest BCUT2D eigenvalue weighted by atomic mass is 35.5. The van der Waals surface area contributed by atoms with Gasteiger partial charge in [-0.2, -0.15) is 4.98 Å². The Morgan fingerprint density at radius 2 is 1.97 bits per heavy atom. The van der Waals surface area contributed by atoms with Crippen molar-refractivity contribution in [1.82, 2.24) is 20.4 Å².